The van der Waals surface area contributed by atoms with Gasteiger partial charge in [-0.25, -0.2) is 8.42 Å². The number of nitrogens with zero attached hydrogens (tertiary/aromatic N) is 1. The van der Waals surface area contributed by atoms with Crippen LogP contribution in [0.2, 0.25) is 0 Å². The molecule has 2 aromatic carbocycles. The van der Waals surface area contributed by atoms with Crippen molar-refractivity contribution in [1.29, 1.82) is 0 Å². The van der Waals surface area contributed by atoms with E-state index in [9.17, 15) is 13.2 Å². The second-order valence-electron chi connectivity index (χ2n) is 5.49. The van der Waals surface area contributed by atoms with Crippen LogP contribution >= 0.6 is 0 Å². The largest absolute Gasteiger partial charge is 0.497 e. The van der Waals surface area contributed by atoms with E-state index in [0.29, 0.717) is 22.7 Å². The Hall–Kier alpha value is -2.74. The van der Waals surface area contributed by atoms with Crippen LogP contribution in [0.5, 0.6) is 11.5 Å². The minimum Gasteiger partial charge on any atom is -0.497 e. The van der Waals surface area contributed by atoms with E-state index in [2.05, 4.69) is 5.32 Å². The number of amides is 1. The van der Waals surface area contributed by atoms with Crippen molar-refractivity contribution in [3.63, 3.8) is 0 Å². The van der Waals surface area contributed by atoms with Gasteiger partial charge in [-0.1, -0.05) is 18.2 Å². The number of rotatable bonds is 8. The molecule has 0 heterocycles. The first-order chi connectivity index (χ1) is 12.4. The Morgan fingerprint density at radius 3 is 2.35 bits per heavy atom. The van der Waals surface area contributed by atoms with Crippen LogP contribution in [-0.2, 0) is 10.0 Å². The molecule has 0 aliphatic rings. The summed E-state index contributed by atoms with van der Waals surface area (Å²) in [6.07, 6.45) is 1.10. The number of benzene rings is 2. The maximum Gasteiger partial charge on any atom is 0.251 e. The summed E-state index contributed by atoms with van der Waals surface area (Å²) in [6, 6.07) is 13.6. The maximum absolute atomic E-state index is 12.3. The third-order valence-electron chi connectivity index (χ3n) is 3.69. The van der Waals surface area contributed by atoms with E-state index in [1.54, 1.807) is 42.5 Å². The van der Waals surface area contributed by atoms with Crippen molar-refractivity contribution in [3.05, 3.63) is 54.1 Å². The predicted molar refractivity (Wildman–Crippen MR) is 101 cm³/mol. The zero-order valence-electron chi connectivity index (χ0n) is 14.9. The Morgan fingerprint density at radius 1 is 1.08 bits per heavy atom. The van der Waals surface area contributed by atoms with Crippen molar-refractivity contribution in [2.24, 2.45) is 0 Å². The molecule has 0 atom stereocenters. The molecule has 0 unspecified atom stereocenters. The quantitative estimate of drug-likeness (QED) is 0.758. The van der Waals surface area contributed by atoms with Gasteiger partial charge in [0.2, 0.25) is 10.0 Å². The molecule has 0 saturated heterocycles. The molecule has 0 radical (unpaired) electrons. The lowest BCUT2D eigenvalue weighted by Crippen LogP contribution is -2.38. The first kappa shape index (κ1) is 19.6. The van der Waals surface area contributed by atoms with Crippen LogP contribution in [0.4, 0.5) is 5.69 Å². The van der Waals surface area contributed by atoms with Crippen molar-refractivity contribution in [1.82, 2.24) is 5.32 Å². The Morgan fingerprint density at radius 2 is 1.77 bits per heavy atom. The van der Waals surface area contributed by atoms with Crippen molar-refractivity contribution >= 4 is 21.6 Å². The van der Waals surface area contributed by atoms with Gasteiger partial charge >= 0.3 is 0 Å². The highest BCUT2D eigenvalue weighted by Gasteiger charge is 2.22. The van der Waals surface area contributed by atoms with E-state index >= 15 is 0 Å². The van der Waals surface area contributed by atoms with Gasteiger partial charge in [-0.3, -0.25) is 9.10 Å². The number of sulfonamides is 1. The Balaban J connectivity index is 2.18. The number of carbonyl (C=O) groups is 1. The number of ether oxygens (including phenoxy) is 2. The van der Waals surface area contributed by atoms with E-state index in [-0.39, 0.29) is 19.0 Å². The van der Waals surface area contributed by atoms with Gasteiger partial charge in [0.1, 0.15) is 11.5 Å². The van der Waals surface area contributed by atoms with Crippen molar-refractivity contribution in [2.45, 2.75) is 0 Å². The maximum atomic E-state index is 12.3. The van der Waals surface area contributed by atoms with E-state index in [1.165, 1.54) is 18.5 Å². The number of hydrogen-bond donors (Lipinski definition) is 1. The summed E-state index contributed by atoms with van der Waals surface area (Å²) in [4.78, 5) is 12.1. The molecular formula is C18H22N2O5S. The minimum absolute atomic E-state index is 0.0565. The topological polar surface area (TPSA) is 84.9 Å². The molecule has 26 heavy (non-hydrogen) atoms. The number of anilines is 1. The molecule has 0 aromatic heterocycles. The van der Waals surface area contributed by atoms with Gasteiger partial charge in [-0.2, -0.15) is 0 Å². The normalized spacial score (nSPS) is 10.9. The fourth-order valence-corrected chi connectivity index (χ4v) is 3.34. The summed E-state index contributed by atoms with van der Waals surface area (Å²) < 4.78 is 36.1. The standard InChI is InChI=1S/C18H22N2O5S/c1-24-15-9-10-17(25-2)16(13-15)20(26(3,22)23)12-11-19-18(21)14-7-5-4-6-8-14/h4-10,13H,11-12H2,1-3H3,(H,19,21). The molecule has 7 nitrogen and oxygen atoms in total. The van der Waals surface area contributed by atoms with Crippen LogP contribution in [0, 0.1) is 0 Å². The summed E-state index contributed by atoms with van der Waals surface area (Å²) in [5.41, 5.74) is 0.862. The summed E-state index contributed by atoms with van der Waals surface area (Å²) in [6.45, 7) is 0.197. The van der Waals surface area contributed by atoms with Gasteiger partial charge < -0.3 is 14.8 Å². The van der Waals surface area contributed by atoms with Crippen LogP contribution in [0.25, 0.3) is 0 Å². The van der Waals surface area contributed by atoms with Crippen LogP contribution in [0.15, 0.2) is 48.5 Å². The third-order valence-corrected chi connectivity index (χ3v) is 4.87. The lowest BCUT2D eigenvalue weighted by molar-refractivity contribution is 0.0955. The molecule has 8 heteroatoms. The van der Waals surface area contributed by atoms with Gasteiger partial charge in [0.25, 0.3) is 5.91 Å². The molecule has 2 aromatic rings. The monoisotopic (exact) mass is 378 g/mol. The van der Waals surface area contributed by atoms with Gasteiger partial charge in [0.15, 0.2) is 0 Å². The van der Waals surface area contributed by atoms with Crippen LogP contribution in [-0.4, -0.2) is 47.9 Å². The van der Waals surface area contributed by atoms with E-state index < -0.39 is 10.0 Å². The average molecular weight is 378 g/mol. The Labute approximate surface area is 153 Å². The lowest BCUT2D eigenvalue weighted by Gasteiger charge is -2.24. The number of methoxy groups -OCH3 is 2. The first-order valence-electron chi connectivity index (χ1n) is 7.90. The molecule has 0 aliphatic heterocycles. The Kier molecular flexibility index (Phi) is 6.46. The molecule has 140 valence electrons. The molecule has 2 rings (SSSR count). The average Bonchev–Trinajstić information content (AvgIpc) is 2.64. The van der Waals surface area contributed by atoms with E-state index in [0.717, 1.165) is 6.26 Å². The SMILES string of the molecule is COc1ccc(OC)c(N(CCNC(=O)c2ccccc2)S(C)(=O)=O)c1. The Bertz CT molecular complexity index is 853. The van der Waals surface area contributed by atoms with Crippen LogP contribution in [0.1, 0.15) is 10.4 Å². The van der Waals surface area contributed by atoms with Gasteiger partial charge in [0.05, 0.1) is 32.7 Å². The molecule has 0 fully saturated rings. The van der Waals surface area contributed by atoms with E-state index in [4.69, 9.17) is 9.47 Å². The molecule has 1 amide bonds. The zero-order chi connectivity index (χ0) is 19.2. The summed E-state index contributed by atoms with van der Waals surface area (Å²) >= 11 is 0. The fraction of sp³-hybridized carbons (Fsp3) is 0.278. The summed E-state index contributed by atoms with van der Waals surface area (Å²) in [7, 11) is -0.634. The number of carbonyl (C=O) groups excluding carboxylic acids is 1. The van der Waals surface area contributed by atoms with E-state index in [1.807, 2.05) is 6.07 Å². The highest BCUT2D eigenvalue weighted by Crippen LogP contribution is 2.33. The predicted octanol–water partition coefficient (Wildman–Crippen LogP) is 1.90. The molecule has 0 bridgehead atoms. The number of hydrogen-bond acceptors (Lipinski definition) is 5. The second kappa shape index (κ2) is 8.57. The highest BCUT2D eigenvalue weighted by molar-refractivity contribution is 7.92. The highest BCUT2D eigenvalue weighted by atomic mass is 32.2. The van der Waals surface area contributed by atoms with Gasteiger partial charge in [-0.05, 0) is 24.3 Å². The van der Waals surface area contributed by atoms with Crippen molar-refractivity contribution in [2.75, 3.05) is 37.9 Å². The fourth-order valence-electron chi connectivity index (χ4n) is 2.42. The zero-order valence-corrected chi connectivity index (χ0v) is 15.7. The summed E-state index contributed by atoms with van der Waals surface area (Å²) in [5, 5.41) is 2.72. The lowest BCUT2D eigenvalue weighted by atomic mass is 10.2. The minimum atomic E-state index is -3.59. The second-order valence-corrected chi connectivity index (χ2v) is 7.40. The van der Waals surface area contributed by atoms with Gasteiger partial charge in [0, 0.05) is 18.2 Å². The molecule has 0 saturated carbocycles. The van der Waals surface area contributed by atoms with Crippen LogP contribution in [0.3, 0.4) is 0 Å². The van der Waals surface area contributed by atoms with Gasteiger partial charge in [-0.15, -0.1) is 0 Å². The van der Waals surface area contributed by atoms with Crippen molar-refractivity contribution in [3.8, 4) is 11.5 Å². The number of nitrogens with one attached hydrogen (secondary N) is 1. The van der Waals surface area contributed by atoms with Crippen molar-refractivity contribution < 1.29 is 22.7 Å². The smallest absolute Gasteiger partial charge is 0.251 e. The van der Waals surface area contributed by atoms with Crippen LogP contribution < -0.4 is 19.1 Å². The molecular weight excluding hydrogens is 356 g/mol. The first-order valence-corrected chi connectivity index (χ1v) is 9.74. The summed E-state index contributed by atoms with van der Waals surface area (Å²) in [5.74, 6) is 0.630. The molecule has 0 spiro atoms. The molecule has 0 aliphatic carbocycles. The third kappa shape index (κ3) is 4.89. The molecule has 1 N–H and O–H groups in total.